The van der Waals surface area contributed by atoms with E-state index in [0.29, 0.717) is 5.56 Å². The fourth-order valence-corrected chi connectivity index (χ4v) is 4.08. The summed E-state index contributed by atoms with van der Waals surface area (Å²) in [5.74, 6) is -0.762. The Kier molecular flexibility index (Phi) is 6.27. The zero-order valence-corrected chi connectivity index (χ0v) is 17.8. The molecular formula is C22H26O11. The highest BCUT2D eigenvalue weighted by atomic mass is 16.7. The van der Waals surface area contributed by atoms with Crippen LogP contribution in [0.2, 0.25) is 0 Å². The Bertz CT molecular complexity index is 1010. The molecule has 3 unspecified atom stereocenters. The van der Waals surface area contributed by atoms with Crippen molar-refractivity contribution in [2.45, 2.75) is 55.9 Å². The summed E-state index contributed by atoms with van der Waals surface area (Å²) in [5.41, 5.74) is 0.333. The first kappa shape index (κ1) is 23.4. The zero-order chi connectivity index (χ0) is 24.0. The molecule has 11 nitrogen and oxygen atoms in total. The van der Waals surface area contributed by atoms with Crippen LogP contribution in [0.1, 0.15) is 30.3 Å². The third-order valence-corrected chi connectivity index (χ3v) is 5.90. The van der Waals surface area contributed by atoms with Crippen molar-refractivity contribution in [2.24, 2.45) is 0 Å². The number of methoxy groups -OCH3 is 1. The number of benzene rings is 2. The van der Waals surface area contributed by atoms with Crippen molar-refractivity contribution in [3.63, 3.8) is 0 Å². The molecule has 2 aromatic rings. The maximum atomic E-state index is 11.1. The first-order valence-electron chi connectivity index (χ1n) is 10.2. The molecule has 33 heavy (non-hydrogen) atoms. The Morgan fingerprint density at radius 3 is 2.30 bits per heavy atom. The minimum atomic E-state index is -1.65. The minimum Gasteiger partial charge on any atom is -0.508 e. The number of ether oxygens (including phenoxy) is 4. The summed E-state index contributed by atoms with van der Waals surface area (Å²) >= 11 is 0. The van der Waals surface area contributed by atoms with Gasteiger partial charge in [-0.1, -0.05) is 6.07 Å². The van der Waals surface area contributed by atoms with E-state index in [-0.39, 0.29) is 28.6 Å². The number of hydrogen-bond acceptors (Lipinski definition) is 11. The summed E-state index contributed by atoms with van der Waals surface area (Å²) in [4.78, 5) is 0. The van der Waals surface area contributed by atoms with E-state index in [0.717, 1.165) is 6.07 Å². The van der Waals surface area contributed by atoms with E-state index in [2.05, 4.69) is 0 Å². The molecule has 0 aliphatic carbocycles. The van der Waals surface area contributed by atoms with Crippen molar-refractivity contribution in [1.82, 2.24) is 0 Å². The van der Waals surface area contributed by atoms with Crippen LogP contribution in [-0.4, -0.2) is 79.7 Å². The van der Waals surface area contributed by atoms with E-state index in [4.69, 9.17) is 18.9 Å². The molecule has 11 heteroatoms. The third-order valence-electron chi connectivity index (χ3n) is 5.90. The summed E-state index contributed by atoms with van der Waals surface area (Å²) in [6.07, 6.45) is -10.8. The van der Waals surface area contributed by atoms with Crippen LogP contribution in [0.15, 0.2) is 30.3 Å². The highest BCUT2D eigenvalue weighted by Gasteiger charge is 2.48. The standard InChI is InChI=1S/C22H26O11/c1-8-16(26)18(28)19(29)22(31-8)33-21-17(27)15-12(25)6-10(23)7-14(15)32-20(21)9-3-4-11(24)13(5-9)30-2/h3-8,16-29H,1-2H3/t8?,16-,17?,18?,19-,20+,21-,22-/m0/s1. The summed E-state index contributed by atoms with van der Waals surface area (Å²) in [6.45, 7) is 1.48. The second-order valence-corrected chi connectivity index (χ2v) is 8.07. The Morgan fingerprint density at radius 2 is 1.61 bits per heavy atom. The third kappa shape index (κ3) is 4.14. The molecule has 0 amide bonds. The lowest BCUT2D eigenvalue weighted by Gasteiger charge is -2.43. The molecule has 2 aromatic carbocycles. The minimum absolute atomic E-state index is 0.00849. The van der Waals surface area contributed by atoms with Gasteiger partial charge in [0.25, 0.3) is 0 Å². The van der Waals surface area contributed by atoms with Crippen LogP contribution in [0, 0.1) is 0 Å². The molecule has 2 heterocycles. The topological polar surface area (TPSA) is 179 Å². The van der Waals surface area contributed by atoms with Gasteiger partial charge in [0.1, 0.15) is 47.8 Å². The molecule has 2 aliphatic heterocycles. The fourth-order valence-electron chi connectivity index (χ4n) is 4.08. The van der Waals surface area contributed by atoms with Crippen molar-refractivity contribution in [3.05, 3.63) is 41.5 Å². The fraction of sp³-hybridized carbons (Fsp3) is 0.455. The molecule has 0 radical (unpaired) electrons. The number of rotatable bonds is 4. The van der Waals surface area contributed by atoms with E-state index in [1.165, 1.54) is 38.3 Å². The lowest BCUT2D eigenvalue weighted by Crippen LogP contribution is -2.58. The quantitative estimate of drug-likeness (QED) is 0.327. The average Bonchev–Trinajstić information content (AvgIpc) is 2.77. The molecule has 7 N–H and O–H groups in total. The average molecular weight is 466 g/mol. The highest BCUT2D eigenvalue weighted by Crippen LogP contribution is 2.49. The largest absolute Gasteiger partial charge is 0.508 e. The van der Waals surface area contributed by atoms with Crippen molar-refractivity contribution in [2.75, 3.05) is 7.11 Å². The van der Waals surface area contributed by atoms with Crippen LogP contribution >= 0.6 is 0 Å². The molecule has 2 aliphatic rings. The van der Waals surface area contributed by atoms with Gasteiger partial charge in [-0.05, 0) is 24.6 Å². The molecule has 0 saturated carbocycles. The zero-order valence-electron chi connectivity index (χ0n) is 17.8. The number of hydrogen-bond donors (Lipinski definition) is 7. The monoisotopic (exact) mass is 466 g/mol. The maximum Gasteiger partial charge on any atom is 0.187 e. The SMILES string of the molecule is COc1cc([C@H]2Oc3cc(O)cc(O)c3C(O)[C@@H]2O[C@@H]2OC(C)[C@H](O)C(O)[C@@H]2O)ccc1O. The maximum absolute atomic E-state index is 11.1. The van der Waals surface area contributed by atoms with Gasteiger partial charge < -0.3 is 54.7 Å². The van der Waals surface area contributed by atoms with E-state index < -0.39 is 54.8 Å². The lowest BCUT2D eigenvalue weighted by atomic mass is 9.90. The number of fused-ring (bicyclic) bond motifs is 1. The van der Waals surface area contributed by atoms with E-state index in [9.17, 15) is 35.7 Å². The van der Waals surface area contributed by atoms with Crippen LogP contribution < -0.4 is 9.47 Å². The van der Waals surface area contributed by atoms with Gasteiger partial charge in [-0.2, -0.15) is 0 Å². The number of phenolic OH excluding ortho intramolecular Hbond substituents is 3. The van der Waals surface area contributed by atoms with Crippen molar-refractivity contribution >= 4 is 0 Å². The van der Waals surface area contributed by atoms with E-state index >= 15 is 0 Å². The van der Waals surface area contributed by atoms with Crippen LogP contribution in [-0.2, 0) is 9.47 Å². The number of aliphatic hydroxyl groups excluding tert-OH is 4. The van der Waals surface area contributed by atoms with Gasteiger partial charge in [0, 0.05) is 12.1 Å². The Hall–Kier alpha value is -2.80. The van der Waals surface area contributed by atoms with Crippen LogP contribution in [0.4, 0.5) is 0 Å². The second kappa shape index (κ2) is 8.86. The van der Waals surface area contributed by atoms with Crippen molar-refractivity contribution in [1.29, 1.82) is 0 Å². The van der Waals surface area contributed by atoms with Crippen molar-refractivity contribution in [3.8, 4) is 28.7 Å². The van der Waals surface area contributed by atoms with Crippen molar-refractivity contribution < 1.29 is 54.7 Å². The number of aromatic hydroxyl groups is 3. The van der Waals surface area contributed by atoms with Crippen LogP contribution in [0.25, 0.3) is 0 Å². The smallest absolute Gasteiger partial charge is 0.187 e. The molecule has 0 spiro atoms. The molecule has 0 aromatic heterocycles. The predicted octanol–water partition coefficient (Wildman–Crippen LogP) is 0.192. The first-order valence-corrected chi connectivity index (χ1v) is 10.2. The first-order chi connectivity index (χ1) is 15.6. The number of aliphatic hydroxyl groups is 4. The summed E-state index contributed by atoms with van der Waals surface area (Å²) in [5, 5.41) is 71.7. The summed E-state index contributed by atoms with van der Waals surface area (Å²) in [6, 6.07) is 6.55. The normalized spacial score (nSPS) is 33.8. The molecule has 1 saturated heterocycles. The summed E-state index contributed by atoms with van der Waals surface area (Å²) in [7, 11) is 1.36. The summed E-state index contributed by atoms with van der Waals surface area (Å²) < 4.78 is 22.5. The van der Waals surface area contributed by atoms with E-state index in [1.54, 1.807) is 0 Å². The van der Waals surface area contributed by atoms with Gasteiger partial charge >= 0.3 is 0 Å². The van der Waals surface area contributed by atoms with Gasteiger partial charge in [-0.25, -0.2) is 0 Å². The van der Waals surface area contributed by atoms with Gasteiger partial charge in [-0.15, -0.1) is 0 Å². The Labute approximate surface area is 188 Å². The van der Waals surface area contributed by atoms with Gasteiger partial charge in [0.2, 0.25) is 0 Å². The van der Waals surface area contributed by atoms with Gasteiger partial charge in [-0.3, -0.25) is 0 Å². The molecule has 8 atom stereocenters. The Balaban J connectivity index is 1.75. The molecule has 0 bridgehead atoms. The second-order valence-electron chi connectivity index (χ2n) is 8.07. The van der Waals surface area contributed by atoms with E-state index in [1.807, 2.05) is 0 Å². The van der Waals surface area contributed by atoms with Crippen LogP contribution in [0.3, 0.4) is 0 Å². The number of phenols is 3. The molecule has 4 rings (SSSR count). The predicted molar refractivity (Wildman–Crippen MR) is 110 cm³/mol. The lowest BCUT2D eigenvalue weighted by molar-refractivity contribution is -0.319. The van der Waals surface area contributed by atoms with Gasteiger partial charge in [0.05, 0.1) is 18.8 Å². The molecule has 180 valence electrons. The van der Waals surface area contributed by atoms with Gasteiger partial charge in [0.15, 0.2) is 23.9 Å². The molecular weight excluding hydrogens is 440 g/mol. The Morgan fingerprint density at radius 1 is 0.879 bits per heavy atom. The highest BCUT2D eigenvalue weighted by molar-refractivity contribution is 5.53. The van der Waals surface area contributed by atoms with Crippen LogP contribution in [0.5, 0.6) is 28.7 Å². The molecule has 1 fully saturated rings.